The Hall–Kier alpha value is -4.73. The van der Waals surface area contributed by atoms with E-state index in [0.29, 0.717) is 13.0 Å². The van der Waals surface area contributed by atoms with Crippen LogP contribution in [0.5, 0.6) is 11.5 Å². The quantitative estimate of drug-likeness (QED) is 0.184. The molecule has 3 aromatic rings. The van der Waals surface area contributed by atoms with E-state index >= 15 is 0 Å². The summed E-state index contributed by atoms with van der Waals surface area (Å²) in [5, 5.41) is 10.7. The van der Waals surface area contributed by atoms with Gasteiger partial charge in [-0.3, -0.25) is 10.7 Å². The fourth-order valence-corrected chi connectivity index (χ4v) is 4.97. The van der Waals surface area contributed by atoms with E-state index in [9.17, 15) is 9.59 Å². The van der Waals surface area contributed by atoms with Crippen LogP contribution >= 0.6 is 0 Å². The second-order valence-electron chi connectivity index (χ2n) is 13.7. The number of carbonyl (C=O) groups excluding carboxylic acids is 2. The molecule has 0 spiro atoms. The predicted octanol–water partition coefficient (Wildman–Crippen LogP) is 7.47. The van der Waals surface area contributed by atoms with Gasteiger partial charge >= 0.3 is 12.2 Å². The van der Waals surface area contributed by atoms with Crippen molar-refractivity contribution in [2.75, 3.05) is 24.6 Å². The van der Waals surface area contributed by atoms with Crippen molar-refractivity contribution in [1.29, 1.82) is 5.41 Å². The number of fused-ring (bicyclic) bond motifs is 1. The largest absolute Gasteiger partial charge is 0.493 e. The fourth-order valence-electron chi connectivity index (χ4n) is 4.97. The molecule has 0 saturated carbocycles. The lowest BCUT2D eigenvalue weighted by molar-refractivity contribution is 0.0358. The molecule has 1 heterocycles. The molecule has 1 aliphatic heterocycles. The Kier molecular flexibility index (Phi) is 11.4. The number of hydrogen-bond acceptors (Lipinski definition) is 8. The highest BCUT2D eigenvalue weighted by Gasteiger charge is 2.28. The summed E-state index contributed by atoms with van der Waals surface area (Å²) in [6.45, 7) is 14.7. The van der Waals surface area contributed by atoms with Gasteiger partial charge < -0.3 is 23.8 Å². The Morgan fingerprint density at radius 1 is 0.915 bits per heavy atom. The molecule has 252 valence electrons. The standard InChI is InChI=1S/C37H48N4O6/c1-26-12-14-28(15-13-26)24-40-25-30(45-32-11-9-8-10-31(32)40)21-23-44-29-18-16-27(17-19-29)20-22-41(35(43)47-37(5,6)7)33(38)39-34(42)46-36(2,3)4/h8-19,30H,20-25H2,1-7H3,(H2,38,39,42). The van der Waals surface area contributed by atoms with Crippen LogP contribution in [-0.4, -0.2) is 60.0 Å². The van der Waals surface area contributed by atoms with Crippen LogP contribution in [0.4, 0.5) is 15.3 Å². The minimum atomic E-state index is -0.820. The highest BCUT2D eigenvalue weighted by Crippen LogP contribution is 2.35. The van der Waals surface area contributed by atoms with Crippen molar-refractivity contribution >= 4 is 23.8 Å². The molecule has 2 amide bonds. The first-order valence-electron chi connectivity index (χ1n) is 16.0. The molecule has 47 heavy (non-hydrogen) atoms. The molecule has 1 atom stereocenters. The number of carbonyl (C=O) groups is 2. The minimum Gasteiger partial charge on any atom is -0.493 e. The number of nitrogens with zero attached hydrogens (tertiary/aromatic N) is 2. The Balaban J connectivity index is 1.31. The smallest absolute Gasteiger partial charge is 0.417 e. The van der Waals surface area contributed by atoms with Crippen LogP contribution in [0, 0.1) is 12.3 Å². The first-order chi connectivity index (χ1) is 22.1. The van der Waals surface area contributed by atoms with Gasteiger partial charge in [0.25, 0.3) is 0 Å². The predicted molar refractivity (Wildman–Crippen MR) is 183 cm³/mol. The van der Waals surface area contributed by atoms with E-state index in [1.807, 2.05) is 42.5 Å². The van der Waals surface area contributed by atoms with Crippen molar-refractivity contribution in [3.63, 3.8) is 0 Å². The summed E-state index contributed by atoms with van der Waals surface area (Å²) in [5.74, 6) is 1.19. The molecular weight excluding hydrogens is 596 g/mol. The summed E-state index contributed by atoms with van der Waals surface area (Å²) in [6, 6.07) is 24.4. The van der Waals surface area contributed by atoms with Gasteiger partial charge in [0.05, 0.1) is 18.8 Å². The van der Waals surface area contributed by atoms with Gasteiger partial charge in [0.2, 0.25) is 5.96 Å². The maximum Gasteiger partial charge on any atom is 0.417 e. The maximum absolute atomic E-state index is 12.9. The molecule has 10 heteroatoms. The first-order valence-corrected chi connectivity index (χ1v) is 16.0. The molecule has 2 N–H and O–H groups in total. The maximum atomic E-state index is 12.9. The molecule has 10 nitrogen and oxygen atoms in total. The summed E-state index contributed by atoms with van der Waals surface area (Å²) in [6.07, 6.45) is -0.428. The molecular formula is C37H48N4O6. The van der Waals surface area contributed by atoms with Gasteiger partial charge in [0.1, 0.15) is 28.8 Å². The third-order valence-electron chi connectivity index (χ3n) is 7.18. The van der Waals surface area contributed by atoms with E-state index < -0.39 is 29.3 Å². The molecule has 0 bridgehead atoms. The molecule has 3 aromatic carbocycles. The van der Waals surface area contributed by atoms with Crippen LogP contribution in [0.3, 0.4) is 0 Å². The summed E-state index contributed by atoms with van der Waals surface area (Å²) in [4.78, 5) is 28.6. The molecule has 0 saturated heterocycles. The number of alkyl carbamates (subject to hydrolysis) is 1. The van der Waals surface area contributed by atoms with Crippen LogP contribution in [0.25, 0.3) is 0 Å². The number of amides is 2. The number of ether oxygens (including phenoxy) is 4. The lowest BCUT2D eigenvalue weighted by Crippen LogP contribution is -2.50. The Labute approximate surface area is 278 Å². The third-order valence-corrected chi connectivity index (χ3v) is 7.18. The van der Waals surface area contributed by atoms with Gasteiger partial charge in [-0.1, -0.05) is 54.1 Å². The Morgan fingerprint density at radius 3 is 2.21 bits per heavy atom. The SMILES string of the molecule is Cc1ccc(CN2CC(CCOc3ccc(CCN(C(=N)NC(=O)OC(C)(C)C)C(=O)OC(C)(C)C)cc3)Oc3ccccc32)cc1. The van der Waals surface area contributed by atoms with Crippen LogP contribution in [0.1, 0.15) is 64.7 Å². The zero-order valence-corrected chi connectivity index (χ0v) is 28.6. The van der Waals surface area contributed by atoms with E-state index in [2.05, 4.69) is 47.5 Å². The molecule has 0 aromatic heterocycles. The van der Waals surface area contributed by atoms with Crippen LogP contribution in [-0.2, 0) is 22.4 Å². The number of hydrogen-bond donors (Lipinski definition) is 2. The zero-order chi connectivity index (χ0) is 34.2. The van der Waals surface area contributed by atoms with Gasteiger partial charge in [-0.15, -0.1) is 0 Å². The fraction of sp³-hybridized carbons (Fsp3) is 0.432. The molecule has 1 unspecified atom stereocenters. The van der Waals surface area contributed by atoms with Crippen molar-refractivity contribution in [2.45, 2.75) is 85.2 Å². The monoisotopic (exact) mass is 644 g/mol. The average molecular weight is 645 g/mol. The number of benzene rings is 3. The molecule has 0 aliphatic carbocycles. The van der Waals surface area contributed by atoms with Gasteiger partial charge in [-0.2, -0.15) is 0 Å². The van der Waals surface area contributed by atoms with Crippen molar-refractivity contribution in [3.8, 4) is 11.5 Å². The molecule has 0 radical (unpaired) electrons. The number of guanidine groups is 1. The van der Waals surface area contributed by atoms with Gasteiger partial charge in [-0.05, 0) is 90.3 Å². The summed E-state index contributed by atoms with van der Waals surface area (Å²) in [7, 11) is 0. The summed E-state index contributed by atoms with van der Waals surface area (Å²) >= 11 is 0. The van der Waals surface area contributed by atoms with Crippen LogP contribution < -0.4 is 19.7 Å². The van der Waals surface area contributed by atoms with Crippen molar-refractivity contribution in [3.05, 3.63) is 89.5 Å². The Morgan fingerprint density at radius 2 is 1.55 bits per heavy atom. The second-order valence-corrected chi connectivity index (χ2v) is 13.7. The highest BCUT2D eigenvalue weighted by molar-refractivity contribution is 5.99. The van der Waals surface area contributed by atoms with Gasteiger partial charge in [0.15, 0.2) is 0 Å². The first kappa shape index (κ1) is 35.1. The van der Waals surface area contributed by atoms with E-state index in [-0.39, 0.29) is 12.6 Å². The van der Waals surface area contributed by atoms with Crippen molar-refractivity contribution < 1.29 is 28.5 Å². The average Bonchev–Trinajstić information content (AvgIpc) is 2.97. The molecule has 4 rings (SSSR count). The number of rotatable bonds is 9. The van der Waals surface area contributed by atoms with Crippen molar-refractivity contribution in [1.82, 2.24) is 10.2 Å². The van der Waals surface area contributed by atoms with E-state index in [4.69, 9.17) is 24.4 Å². The minimum absolute atomic E-state index is 0.0157. The van der Waals surface area contributed by atoms with Crippen molar-refractivity contribution in [2.24, 2.45) is 0 Å². The van der Waals surface area contributed by atoms with Crippen LogP contribution in [0.15, 0.2) is 72.8 Å². The van der Waals surface area contributed by atoms with E-state index in [0.717, 1.165) is 47.2 Å². The number of anilines is 1. The highest BCUT2D eigenvalue weighted by atomic mass is 16.6. The summed E-state index contributed by atoms with van der Waals surface area (Å²) < 4.78 is 23.1. The topological polar surface area (TPSA) is 113 Å². The van der Waals surface area contributed by atoms with Gasteiger partial charge in [0, 0.05) is 19.5 Å². The van der Waals surface area contributed by atoms with Gasteiger partial charge in [-0.25, -0.2) is 14.5 Å². The lowest BCUT2D eigenvalue weighted by atomic mass is 10.1. The summed E-state index contributed by atoms with van der Waals surface area (Å²) in [5.41, 5.74) is 3.01. The molecule has 0 fully saturated rings. The molecule has 1 aliphatic rings. The Bertz CT molecular complexity index is 1510. The third kappa shape index (κ3) is 11.2. The number of nitrogens with one attached hydrogen (secondary N) is 2. The second kappa shape index (κ2) is 15.2. The zero-order valence-electron chi connectivity index (χ0n) is 28.6. The number of para-hydroxylation sites is 2. The van der Waals surface area contributed by atoms with E-state index in [1.165, 1.54) is 11.1 Å². The lowest BCUT2D eigenvalue weighted by Gasteiger charge is -2.36. The van der Waals surface area contributed by atoms with Crippen LogP contribution in [0.2, 0.25) is 0 Å². The normalized spacial score (nSPS) is 14.4. The number of aryl methyl sites for hydroxylation is 1. The van der Waals surface area contributed by atoms with E-state index in [1.54, 1.807) is 41.5 Å².